The molecule has 0 radical (unpaired) electrons. The van der Waals surface area contributed by atoms with Crippen LogP contribution in [0, 0.1) is 0 Å². The number of para-hydroxylation sites is 1. The molecule has 1 aromatic heterocycles. The van der Waals surface area contributed by atoms with Gasteiger partial charge in [0.2, 0.25) is 0 Å². The lowest BCUT2D eigenvalue weighted by Crippen LogP contribution is -2.22. The summed E-state index contributed by atoms with van der Waals surface area (Å²) in [6, 6.07) is 23.4. The van der Waals surface area contributed by atoms with Gasteiger partial charge in [-0.25, -0.2) is 9.59 Å². The van der Waals surface area contributed by atoms with E-state index in [1.54, 1.807) is 61.5 Å². The minimum Gasteiger partial charge on any atom is -0.487 e. The number of carbonyl (C=O) groups is 2. The molecule has 0 saturated carbocycles. The molecule has 0 unspecified atom stereocenters. The Kier molecular flexibility index (Phi) is 8.02. The third-order valence-corrected chi connectivity index (χ3v) is 5.89. The first-order valence-electron chi connectivity index (χ1n) is 11.4. The maximum Gasteiger partial charge on any atom is 0.365 e. The maximum atomic E-state index is 12.8. The Morgan fingerprint density at radius 2 is 1.64 bits per heavy atom. The Balaban J connectivity index is 1.67. The third kappa shape index (κ3) is 5.75. The van der Waals surface area contributed by atoms with Crippen molar-refractivity contribution in [3.63, 3.8) is 0 Å². The standard InChI is InChI=1S/C28H25ClN2O5/c1-3-34-28(33)24(30-36-27(32)19-9-5-4-6-10-19)17-23-22-11-7-8-12-25(22)31(2)26(23)18-35-21-15-13-20(29)14-16-21/h4-16H,3,17-18H2,1-2H3/b30-24+. The average molecular weight is 505 g/mol. The SMILES string of the molecule is CCOC(=O)/C(Cc1c(COc2ccc(Cl)cc2)n(C)c2ccccc12)=N/OC(=O)c1ccccc1. The first-order chi connectivity index (χ1) is 17.5. The van der Waals surface area contributed by atoms with Crippen LogP contribution >= 0.6 is 11.6 Å². The fourth-order valence-electron chi connectivity index (χ4n) is 3.84. The topological polar surface area (TPSA) is 79.1 Å². The monoisotopic (exact) mass is 504 g/mol. The lowest BCUT2D eigenvalue weighted by molar-refractivity contribution is -0.135. The minimum absolute atomic E-state index is 0.0229. The number of hydrogen-bond acceptors (Lipinski definition) is 6. The highest BCUT2D eigenvalue weighted by atomic mass is 35.5. The number of oxime groups is 1. The summed E-state index contributed by atoms with van der Waals surface area (Å²) in [5.41, 5.74) is 2.94. The molecule has 0 fully saturated rings. The molecule has 0 aliphatic heterocycles. The molecule has 184 valence electrons. The van der Waals surface area contributed by atoms with E-state index < -0.39 is 11.9 Å². The predicted octanol–water partition coefficient (Wildman–Crippen LogP) is 5.73. The molecule has 0 saturated heterocycles. The van der Waals surface area contributed by atoms with Gasteiger partial charge >= 0.3 is 11.9 Å². The maximum absolute atomic E-state index is 12.8. The van der Waals surface area contributed by atoms with E-state index in [0.29, 0.717) is 16.3 Å². The molecule has 0 spiro atoms. The van der Waals surface area contributed by atoms with Gasteiger partial charge in [-0.3, -0.25) is 0 Å². The third-order valence-electron chi connectivity index (χ3n) is 5.64. The van der Waals surface area contributed by atoms with Crippen LogP contribution in [0.25, 0.3) is 10.9 Å². The average Bonchev–Trinajstić information content (AvgIpc) is 3.17. The smallest absolute Gasteiger partial charge is 0.365 e. The molecule has 36 heavy (non-hydrogen) atoms. The lowest BCUT2D eigenvalue weighted by atomic mass is 10.0. The number of fused-ring (bicyclic) bond motifs is 1. The molecule has 0 amide bonds. The normalized spacial score (nSPS) is 11.4. The van der Waals surface area contributed by atoms with Gasteiger partial charge in [-0.1, -0.05) is 53.2 Å². The van der Waals surface area contributed by atoms with Gasteiger partial charge in [0.15, 0.2) is 5.71 Å². The van der Waals surface area contributed by atoms with Crippen LogP contribution < -0.4 is 4.74 Å². The van der Waals surface area contributed by atoms with Crippen LogP contribution in [0.3, 0.4) is 0 Å². The summed E-state index contributed by atoms with van der Waals surface area (Å²) in [5.74, 6) is -0.663. The summed E-state index contributed by atoms with van der Waals surface area (Å²) in [6.45, 7) is 2.10. The van der Waals surface area contributed by atoms with Crippen LogP contribution in [-0.2, 0) is 34.4 Å². The summed E-state index contributed by atoms with van der Waals surface area (Å²) >= 11 is 5.98. The van der Waals surface area contributed by atoms with Crippen molar-refractivity contribution >= 4 is 40.2 Å². The van der Waals surface area contributed by atoms with E-state index in [1.165, 1.54) is 0 Å². The van der Waals surface area contributed by atoms with E-state index in [1.807, 2.05) is 35.9 Å². The van der Waals surface area contributed by atoms with Gasteiger partial charge < -0.3 is 18.9 Å². The van der Waals surface area contributed by atoms with Crippen LogP contribution in [0.5, 0.6) is 5.75 Å². The van der Waals surface area contributed by atoms with Gasteiger partial charge in [-0.2, -0.15) is 0 Å². The second-order valence-corrected chi connectivity index (χ2v) is 8.36. The molecule has 8 heteroatoms. The van der Waals surface area contributed by atoms with Crippen LogP contribution in [0.15, 0.2) is 84.0 Å². The van der Waals surface area contributed by atoms with E-state index >= 15 is 0 Å². The predicted molar refractivity (Wildman–Crippen MR) is 138 cm³/mol. The fourth-order valence-corrected chi connectivity index (χ4v) is 3.96. The van der Waals surface area contributed by atoms with Crippen LogP contribution in [0.2, 0.25) is 5.02 Å². The number of hydrogen-bond donors (Lipinski definition) is 0. The quantitative estimate of drug-likeness (QED) is 0.126. The Bertz CT molecular complexity index is 1390. The summed E-state index contributed by atoms with van der Waals surface area (Å²) < 4.78 is 13.2. The molecule has 0 N–H and O–H groups in total. The number of carbonyl (C=O) groups excluding carboxylic acids is 2. The summed E-state index contributed by atoms with van der Waals surface area (Å²) in [6.07, 6.45) is 0.0849. The second kappa shape index (κ2) is 11.6. The molecule has 3 aromatic carbocycles. The Hall–Kier alpha value is -4.10. The molecular formula is C28H25ClN2O5. The number of esters is 1. The molecular weight excluding hydrogens is 480 g/mol. The minimum atomic E-state index is -0.665. The van der Waals surface area contributed by atoms with Crippen LogP contribution in [-0.4, -0.2) is 28.8 Å². The number of ether oxygens (including phenoxy) is 2. The Labute approximate surface area is 213 Å². The highest BCUT2D eigenvalue weighted by Gasteiger charge is 2.23. The van der Waals surface area contributed by atoms with Gasteiger partial charge in [0.1, 0.15) is 12.4 Å². The first-order valence-corrected chi connectivity index (χ1v) is 11.8. The highest BCUT2D eigenvalue weighted by Crippen LogP contribution is 2.28. The van der Waals surface area contributed by atoms with Crippen molar-refractivity contribution in [1.29, 1.82) is 0 Å². The number of benzene rings is 3. The molecule has 7 nitrogen and oxygen atoms in total. The Morgan fingerprint density at radius 1 is 0.944 bits per heavy atom. The summed E-state index contributed by atoms with van der Waals surface area (Å²) in [7, 11) is 1.93. The summed E-state index contributed by atoms with van der Waals surface area (Å²) in [4.78, 5) is 30.3. The largest absolute Gasteiger partial charge is 0.487 e. The van der Waals surface area contributed by atoms with Crippen molar-refractivity contribution in [3.8, 4) is 5.75 Å². The van der Waals surface area contributed by atoms with Crippen LogP contribution in [0.1, 0.15) is 28.5 Å². The van der Waals surface area contributed by atoms with E-state index in [2.05, 4.69) is 5.16 Å². The number of aryl methyl sites for hydroxylation is 1. The number of nitrogens with zero attached hydrogens (tertiary/aromatic N) is 2. The van der Waals surface area contributed by atoms with Gasteiger partial charge in [0.25, 0.3) is 0 Å². The molecule has 4 aromatic rings. The molecule has 0 atom stereocenters. The summed E-state index contributed by atoms with van der Waals surface area (Å²) in [5, 5.41) is 5.48. The molecule has 0 bridgehead atoms. The van der Waals surface area contributed by atoms with Crippen molar-refractivity contribution in [2.24, 2.45) is 12.2 Å². The molecule has 4 rings (SSSR count). The van der Waals surface area contributed by atoms with Gasteiger partial charge in [-0.05, 0) is 55.0 Å². The van der Waals surface area contributed by atoms with Gasteiger partial charge in [-0.15, -0.1) is 0 Å². The zero-order valence-electron chi connectivity index (χ0n) is 19.9. The first kappa shape index (κ1) is 25.0. The van der Waals surface area contributed by atoms with Crippen molar-refractivity contribution in [3.05, 3.63) is 101 Å². The highest BCUT2D eigenvalue weighted by molar-refractivity contribution is 6.37. The number of rotatable bonds is 9. The zero-order chi connectivity index (χ0) is 25.5. The molecule has 1 heterocycles. The Morgan fingerprint density at radius 3 is 2.36 bits per heavy atom. The van der Waals surface area contributed by atoms with Gasteiger partial charge in [0.05, 0.1) is 17.9 Å². The van der Waals surface area contributed by atoms with Crippen LogP contribution in [0.4, 0.5) is 0 Å². The molecule has 0 aliphatic rings. The lowest BCUT2D eigenvalue weighted by Gasteiger charge is -2.11. The number of halogens is 1. The van der Waals surface area contributed by atoms with Crippen molar-refractivity contribution < 1.29 is 23.9 Å². The fraction of sp³-hybridized carbons (Fsp3) is 0.179. The van der Waals surface area contributed by atoms with Crippen molar-refractivity contribution in [1.82, 2.24) is 4.57 Å². The number of aromatic nitrogens is 1. The van der Waals surface area contributed by atoms with Crippen molar-refractivity contribution in [2.45, 2.75) is 20.0 Å². The van der Waals surface area contributed by atoms with Gasteiger partial charge in [0, 0.05) is 29.4 Å². The van der Waals surface area contributed by atoms with E-state index in [0.717, 1.165) is 22.2 Å². The second-order valence-electron chi connectivity index (χ2n) is 7.92. The van der Waals surface area contributed by atoms with E-state index in [4.69, 9.17) is 25.9 Å². The molecule has 0 aliphatic carbocycles. The van der Waals surface area contributed by atoms with Crippen molar-refractivity contribution in [2.75, 3.05) is 6.61 Å². The van der Waals surface area contributed by atoms with E-state index in [-0.39, 0.29) is 25.3 Å². The van der Waals surface area contributed by atoms with E-state index in [9.17, 15) is 9.59 Å². The zero-order valence-corrected chi connectivity index (χ0v) is 20.7.